The number of para-hydroxylation sites is 2. The predicted octanol–water partition coefficient (Wildman–Crippen LogP) is 1.77. The minimum absolute atomic E-state index is 0.0838. The maximum Gasteiger partial charge on any atom is 0.263 e. The summed E-state index contributed by atoms with van der Waals surface area (Å²) in [5.41, 5.74) is 0.699. The second-order valence-electron chi connectivity index (χ2n) is 5.22. The molecule has 92 valence electrons. The summed E-state index contributed by atoms with van der Waals surface area (Å²) >= 11 is 0. The molecular weight excluding hydrogens is 216 g/mol. The lowest BCUT2D eigenvalue weighted by Crippen LogP contribution is -2.50. The third-order valence-corrected chi connectivity index (χ3v) is 2.42. The molecule has 1 heterocycles. The van der Waals surface area contributed by atoms with Crippen molar-refractivity contribution in [1.29, 1.82) is 0 Å². The number of anilines is 1. The highest BCUT2D eigenvalue weighted by Gasteiger charge is 2.27. The average Bonchev–Trinajstić information content (AvgIpc) is 2.26. The van der Waals surface area contributed by atoms with Gasteiger partial charge in [0, 0.05) is 5.54 Å². The zero-order valence-corrected chi connectivity index (χ0v) is 10.4. The molecule has 1 unspecified atom stereocenters. The minimum atomic E-state index is -0.468. The molecule has 0 spiro atoms. The third-order valence-electron chi connectivity index (χ3n) is 2.42. The Bertz CT molecular complexity index is 424. The quantitative estimate of drug-likeness (QED) is 0.778. The Hall–Kier alpha value is -1.71. The van der Waals surface area contributed by atoms with Gasteiger partial charge in [-0.2, -0.15) is 0 Å². The van der Waals surface area contributed by atoms with Gasteiger partial charge in [-0.1, -0.05) is 12.1 Å². The number of hydrogen-bond acceptors (Lipinski definition) is 3. The van der Waals surface area contributed by atoms with Crippen LogP contribution in [0.5, 0.6) is 5.75 Å². The van der Waals surface area contributed by atoms with E-state index in [1.165, 1.54) is 0 Å². The van der Waals surface area contributed by atoms with E-state index in [2.05, 4.69) is 10.6 Å². The van der Waals surface area contributed by atoms with Crippen LogP contribution >= 0.6 is 0 Å². The molecule has 2 N–H and O–H groups in total. The fourth-order valence-electron chi connectivity index (χ4n) is 1.71. The lowest BCUT2D eigenvalue weighted by Gasteiger charge is -2.29. The SMILES string of the molecule is CC(C)(C)NC(=O)C1CNc2ccccc2O1. The molecular formula is C13H18N2O2. The standard InChI is InChI=1S/C13H18N2O2/c1-13(2,3)15-12(16)11-8-14-9-6-4-5-7-10(9)17-11/h4-7,11,14H,8H2,1-3H3,(H,15,16). The number of nitrogens with one attached hydrogen (secondary N) is 2. The van der Waals surface area contributed by atoms with E-state index in [0.717, 1.165) is 11.4 Å². The Morgan fingerprint density at radius 1 is 1.41 bits per heavy atom. The first-order valence-electron chi connectivity index (χ1n) is 5.77. The fraction of sp³-hybridized carbons (Fsp3) is 0.462. The first-order chi connectivity index (χ1) is 7.96. The van der Waals surface area contributed by atoms with Crippen LogP contribution in [0.25, 0.3) is 0 Å². The van der Waals surface area contributed by atoms with E-state index >= 15 is 0 Å². The molecule has 0 aromatic heterocycles. The van der Waals surface area contributed by atoms with Crippen molar-refractivity contribution in [2.45, 2.75) is 32.4 Å². The normalized spacial score (nSPS) is 18.6. The van der Waals surface area contributed by atoms with Crippen molar-refractivity contribution < 1.29 is 9.53 Å². The summed E-state index contributed by atoms with van der Waals surface area (Å²) in [6.07, 6.45) is -0.468. The van der Waals surface area contributed by atoms with E-state index in [1.807, 2.05) is 45.0 Å². The molecule has 1 aromatic carbocycles. The largest absolute Gasteiger partial charge is 0.477 e. The maximum atomic E-state index is 11.9. The van der Waals surface area contributed by atoms with Crippen LogP contribution in [-0.4, -0.2) is 24.1 Å². The molecule has 0 saturated heterocycles. The Morgan fingerprint density at radius 3 is 2.82 bits per heavy atom. The highest BCUT2D eigenvalue weighted by Crippen LogP contribution is 2.28. The number of carbonyl (C=O) groups excluding carboxylic acids is 1. The monoisotopic (exact) mass is 234 g/mol. The molecule has 1 amide bonds. The molecule has 1 aliphatic heterocycles. The van der Waals surface area contributed by atoms with E-state index in [0.29, 0.717) is 6.54 Å². The van der Waals surface area contributed by atoms with Gasteiger partial charge in [0.15, 0.2) is 6.10 Å². The van der Waals surface area contributed by atoms with Crippen molar-refractivity contribution >= 4 is 11.6 Å². The van der Waals surface area contributed by atoms with Crippen molar-refractivity contribution in [2.75, 3.05) is 11.9 Å². The predicted molar refractivity (Wildman–Crippen MR) is 67.2 cm³/mol. The van der Waals surface area contributed by atoms with E-state index < -0.39 is 6.10 Å². The van der Waals surface area contributed by atoms with Gasteiger partial charge in [-0.3, -0.25) is 4.79 Å². The molecule has 0 aliphatic carbocycles. The van der Waals surface area contributed by atoms with E-state index in [1.54, 1.807) is 0 Å². The molecule has 0 fully saturated rings. The van der Waals surface area contributed by atoms with Crippen LogP contribution in [0.2, 0.25) is 0 Å². The van der Waals surface area contributed by atoms with Gasteiger partial charge in [0.1, 0.15) is 5.75 Å². The van der Waals surface area contributed by atoms with Crippen LogP contribution in [0.4, 0.5) is 5.69 Å². The Kier molecular flexibility index (Phi) is 2.96. The van der Waals surface area contributed by atoms with Crippen LogP contribution < -0.4 is 15.4 Å². The van der Waals surface area contributed by atoms with Crippen LogP contribution in [0.15, 0.2) is 24.3 Å². The van der Waals surface area contributed by atoms with Crippen molar-refractivity contribution in [3.8, 4) is 5.75 Å². The van der Waals surface area contributed by atoms with Crippen LogP contribution in [0.1, 0.15) is 20.8 Å². The van der Waals surface area contributed by atoms with Crippen molar-refractivity contribution in [1.82, 2.24) is 5.32 Å². The number of amides is 1. The van der Waals surface area contributed by atoms with Gasteiger partial charge < -0.3 is 15.4 Å². The van der Waals surface area contributed by atoms with Crippen molar-refractivity contribution in [3.63, 3.8) is 0 Å². The highest BCUT2D eigenvalue weighted by molar-refractivity contribution is 5.83. The van der Waals surface area contributed by atoms with Crippen LogP contribution in [0, 0.1) is 0 Å². The Labute approximate surface area is 101 Å². The number of ether oxygens (including phenoxy) is 1. The zero-order chi connectivity index (χ0) is 12.5. The zero-order valence-electron chi connectivity index (χ0n) is 10.4. The first kappa shape index (κ1) is 11.8. The van der Waals surface area contributed by atoms with Gasteiger partial charge >= 0.3 is 0 Å². The first-order valence-corrected chi connectivity index (χ1v) is 5.77. The van der Waals surface area contributed by atoms with Gasteiger partial charge in [0.2, 0.25) is 0 Å². The Balaban J connectivity index is 2.05. The van der Waals surface area contributed by atoms with E-state index in [-0.39, 0.29) is 11.4 Å². The summed E-state index contributed by atoms with van der Waals surface area (Å²) in [6, 6.07) is 7.63. The van der Waals surface area contributed by atoms with Gasteiger partial charge in [-0.25, -0.2) is 0 Å². The summed E-state index contributed by atoms with van der Waals surface area (Å²) in [7, 11) is 0. The highest BCUT2D eigenvalue weighted by atomic mass is 16.5. The molecule has 1 atom stereocenters. The van der Waals surface area contributed by atoms with Crippen LogP contribution in [0.3, 0.4) is 0 Å². The summed E-state index contributed by atoms with van der Waals surface area (Å²) in [5, 5.41) is 6.11. The molecule has 0 bridgehead atoms. The number of fused-ring (bicyclic) bond motifs is 1. The summed E-state index contributed by atoms with van der Waals surface area (Å²) in [5.74, 6) is 0.646. The number of hydrogen-bond donors (Lipinski definition) is 2. The molecule has 2 rings (SSSR count). The van der Waals surface area contributed by atoms with E-state index in [9.17, 15) is 4.79 Å². The molecule has 1 aliphatic rings. The topological polar surface area (TPSA) is 50.4 Å². The maximum absolute atomic E-state index is 11.9. The Morgan fingerprint density at radius 2 is 2.12 bits per heavy atom. The number of benzene rings is 1. The molecule has 0 radical (unpaired) electrons. The lowest BCUT2D eigenvalue weighted by atomic mass is 10.1. The van der Waals surface area contributed by atoms with Gasteiger partial charge in [-0.05, 0) is 32.9 Å². The molecule has 4 heteroatoms. The summed E-state index contributed by atoms with van der Waals surface area (Å²) < 4.78 is 5.67. The second-order valence-corrected chi connectivity index (χ2v) is 5.22. The molecule has 4 nitrogen and oxygen atoms in total. The van der Waals surface area contributed by atoms with Gasteiger partial charge in [0.05, 0.1) is 12.2 Å². The smallest absolute Gasteiger partial charge is 0.263 e. The molecule has 17 heavy (non-hydrogen) atoms. The van der Waals surface area contributed by atoms with Crippen molar-refractivity contribution in [3.05, 3.63) is 24.3 Å². The number of carbonyl (C=O) groups is 1. The van der Waals surface area contributed by atoms with Gasteiger partial charge in [-0.15, -0.1) is 0 Å². The van der Waals surface area contributed by atoms with Crippen LogP contribution in [-0.2, 0) is 4.79 Å². The summed E-state index contributed by atoms with van der Waals surface area (Å²) in [4.78, 5) is 11.9. The molecule has 1 aromatic rings. The number of rotatable bonds is 1. The second kappa shape index (κ2) is 4.28. The van der Waals surface area contributed by atoms with Gasteiger partial charge in [0.25, 0.3) is 5.91 Å². The molecule has 0 saturated carbocycles. The lowest BCUT2D eigenvalue weighted by molar-refractivity contribution is -0.129. The third kappa shape index (κ3) is 2.90. The van der Waals surface area contributed by atoms with Crippen molar-refractivity contribution in [2.24, 2.45) is 0 Å². The fourth-order valence-corrected chi connectivity index (χ4v) is 1.71. The summed E-state index contributed by atoms with van der Waals surface area (Å²) in [6.45, 7) is 6.36. The minimum Gasteiger partial charge on any atom is -0.477 e. The average molecular weight is 234 g/mol. The van der Waals surface area contributed by atoms with E-state index in [4.69, 9.17) is 4.74 Å².